The molecular weight excluding hydrogens is 218 g/mol. The molecule has 16 heavy (non-hydrogen) atoms. The predicted molar refractivity (Wildman–Crippen MR) is 69.3 cm³/mol. The van der Waals surface area contributed by atoms with Crippen molar-refractivity contribution in [2.24, 2.45) is 10.8 Å². The van der Waals surface area contributed by atoms with Crippen molar-refractivity contribution in [1.29, 1.82) is 5.26 Å². The maximum atomic E-state index is 10.2. The molecule has 1 unspecified atom stereocenters. The SMILES string of the molecule is CSCCC(O)C1(C#N)CCC(C)(C)CC1. The molecule has 1 fully saturated rings. The summed E-state index contributed by atoms with van der Waals surface area (Å²) in [4.78, 5) is 0. The Hall–Kier alpha value is -0.200. The van der Waals surface area contributed by atoms with Crippen molar-refractivity contribution in [3.8, 4) is 6.07 Å². The van der Waals surface area contributed by atoms with Gasteiger partial charge in [0.05, 0.1) is 17.6 Å². The van der Waals surface area contributed by atoms with Crippen molar-refractivity contribution < 1.29 is 5.11 Å². The van der Waals surface area contributed by atoms with Gasteiger partial charge in [-0.25, -0.2) is 0 Å². The zero-order chi connectivity index (χ0) is 12.2. The highest BCUT2D eigenvalue weighted by Crippen LogP contribution is 2.47. The lowest BCUT2D eigenvalue weighted by molar-refractivity contribution is 0.00974. The van der Waals surface area contributed by atoms with Gasteiger partial charge in [0.25, 0.3) is 0 Å². The van der Waals surface area contributed by atoms with E-state index in [4.69, 9.17) is 0 Å². The molecule has 0 amide bonds. The van der Waals surface area contributed by atoms with Crippen LogP contribution in [0.4, 0.5) is 0 Å². The summed E-state index contributed by atoms with van der Waals surface area (Å²) in [5.41, 5.74) is -0.120. The minimum absolute atomic E-state index is 0.347. The van der Waals surface area contributed by atoms with Gasteiger partial charge in [-0.2, -0.15) is 17.0 Å². The molecule has 0 aromatic carbocycles. The van der Waals surface area contributed by atoms with Crippen LogP contribution in [0, 0.1) is 22.2 Å². The summed E-state index contributed by atoms with van der Waals surface area (Å²) in [5.74, 6) is 0.938. The first-order valence-electron chi connectivity index (χ1n) is 6.04. The van der Waals surface area contributed by atoms with E-state index in [9.17, 15) is 10.4 Å². The third-order valence-electron chi connectivity index (χ3n) is 3.95. The highest BCUT2D eigenvalue weighted by molar-refractivity contribution is 7.98. The van der Waals surface area contributed by atoms with Crippen LogP contribution in [0.25, 0.3) is 0 Å². The van der Waals surface area contributed by atoms with Gasteiger partial charge in [-0.05, 0) is 49.5 Å². The Morgan fingerprint density at radius 1 is 1.31 bits per heavy atom. The zero-order valence-corrected chi connectivity index (χ0v) is 11.4. The van der Waals surface area contributed by atoms with Crippen LogP contribution in [0.3, 0.4) is 0 Å². The van der Waals surface area contributed by atoms with Gasteiger partial charge in [0.2, 0.25) is 0 Å². The molecule has 1 atom stereocenters. The molecule has 0 aliphatic heterocycles. The van der Waals surface area contributed by atoms with Crippen LogP contribution in [-0.2, 0) is 0 Å². The summed E-state index contributed by atoms with van der Waals surface area (Å²) in [6.45, 7) is 4.51. The summed E-state index contributed by atoms with van der Waals surface area (Å²) in [5, 5.41) is 19.6. The standard InChI is InChI=1S/C13H23NOS/c1-12(2)5-7-13(10-14,8-6-12)11(15)4-9-16-3/h11,15H,4-9H2,1-3H3. The summed E-state index contributed by atoms with van der Waals surface area (Å²) in [7, 11) is 0. The molecule has 1 saturated carbocycles. The molecule has 0 radical (unpaired) electrons. The average molecular weight is 241 g/mol. The maximum Gasteiger partial charge on any atom is 0.0833 e. The minimum Gasteiger partial charge on any atom is -0.391 e. The highest BCUT2D eigenvalue weighted by atomic mass is 32.2. The topological polar surface area (TPSA) is 44.0 Å². The van der Waals surface area contributed by atoms with Gasteiger partial charge in [-0.3, -0.25) is 0 Å². The molecule has 0 spiro atoms. The molecule has 3 heteroatoms. The quantitative estimate of drug-likeness (QED) is 0.822. The van der Waals surface area contributed by atoms with Crippen LogP contribution >= 0.6 is 11.8 Å². The van der Waals surface area contributed by atoms with Gasteiger partial charge >= 0.3 is 0 Å². The lowest BCUT2D eigenvalue weighted by Gasteiger charge is -2.41. The Kier molecular flexibility index (Phi) is 4.70. The first-order chi connectivity index (χ1) is 7.46. The van der Waals surface area contributed by atoms with Crippen molar-refractivity contribution in [2.45, 2.75) is 52.1 Å². The molecular formula is C13H23NOS. The second-order valence-corrected chi connectivity index (χ2v) is 6.72. The van der Waals surface area contributed by atoms with Crippen molar-refractivity contribution in [3.63, 3.8) is 0 Å². The number of aliphatic hydroxyl groups excluding tert-OH is 1. The fourth-order valence-corrected chi connectivity index (χ4v) is 2.86. The molecule has 1 N–H and O–H groups in total. The molecule has 1 aliphatic carbocycles. The van der Waals surface area contributed by atoms with Crippen LogP contribution < -0.4 is 0 Å². The summed E-state index contributed by atoms with van der Waals surface area (Å²) in [6.07, 6.45) is 6.15. The van der Waals surface area contributed by atoms with E-state index >= 15 is 0 Å². The molecule has 2 nitrogen and oxygen atoms in total. The number of rotatable bonds is 4. The molecule has 92 valence electrons. The van der Waals surface area contributed by atoms with Crippen molar-refractivity contribution in [3.05, 3.63) is 0 Å². The van der Waals surface area contributed by atoms with Crippen molar-refractivity contribution in [2.75, 3.05) is 12.0 Å². The lowest BCUT2D eigenvalue weighted by atomic mass is 9.63. The molecule has 0 aromatic rings. The second-order valence-electron chi connectivity index (χ2n) is 5.73. The Bertz CT molecular complexity index is 260. The lowest BCUT2D eigenvalue weighted by Crippen LogP contribution is -2.40. The average Bonchev–Trinajstić information content (AvgIpc) is 2.27. The van der Waals surface area contributed by atoms with Gasteiger partial charge in [-0.1, -0.05) is 13.8 Å². The van der Waals surface area contributed by atoms with E-state index < -0.39 is 11.5 Å². The fourth-order valence-electron chi connectivity index (χ4n) is 2.40. The van der Waals surface area contributed by atoms with Crippen molar-refractivity contribution >= 4 is 11.8 Å². The molecule has 0 bridgehead atoms. The van der Waals surface area contributed by atoms with Crippen LogP contribution in [0.5, 0.6) is 0 Å². The third kappa shape index (κ3) is 3.15. The van der Waals surface area contributed by atoms with Crippen LogP contribution in [0.2, 0.25) is 0 Å². The maximum absolute atomic E-state index is 10.2. The largest absolute Gasteiger partial charge is 0.391 e. The minimum atomic E-state index is -0.467. The van der Waals surface area contributed by atoms with Gasteiger partial charge in [0.15, 0.2) is 0 Å². The number of aliphatic hydroxyl groups is 1. The van der Waals surface area contributed by atoms with Gasteiger partial charge in [0, 0.05) is 0 Å². The molecule has 0 heterocycles. The zero-order valence-electron chi connectivity index (χ0n) is 10.6. The summed E-state index contributed by atoms with van der Waals surface area (Å²) in [6, 6.07) is 2.40. The third-order valence-corrected chi connectivity index (χ3v) is 4.60. The van der Waals surface area contributed by atoms with E-state index in [1.165, 1.54) is 0 Å². The predicted octanol–water partition coefficient (Wildman–Crippen LogP) is 3.21. The molecule has 1 aliphatic rings. The Morgan fingerprint density at radius 3 is 2.31 bits per heavy atom. The first-order valence-corrected chi connectivity index (χ1v) is 7.43. The van der Waals surface area contributed by atoms with E-state index in [1.807, 2.05) is 6.26 Å². The van der Waals surface area contributed by atoms with Crippen LogP contribution in [0.15, 0.2) is 0 Å². The van der Waals surface area contributed by atoms with Crippen molar-refractivity contribution in [1.82, 2.24) is 0 Å². The second kappa shape index (κ2) is 5.42. The van der Waals surface area contributed by atoms with Crippen LogP contribution in [0.1, 0.15) is 46.0 Å². The fraction of sp³-hybridized carbons (Fsp3) is 0.923. The van der Waals surface area contributed by atoms with Crippen LogP contribution in [-0.4, -0.2) is 23.2 Å². The van der Waals surface area contributed by atoms with Gasteiger partial charge in [0.1, 0.15) is 0 Å². The van der Waals surface area contributed by atoms with E-state index in [0.29, 0.717) is 5.41 Å². The molecule has 1 rings (SSSR count). The van der Waals surface area contributed by atoms with E-state index in [-0.39, 0.29) is 0 Å². The summed E-state index contributed by atoms with van der Waals surface area (Å²) < 4.78 is 0. The van der Waals surface area contributed by atoms with E-state index in [0.717, 1.165) is 37.9 Å². The van der Waals surface area contributed by atoms with E-state index in [2.05, 4.69) is 19.9 Å². The van der Waals surface area contributed by atoms with Gasteiger partial charge in [-0.15, -0.1) is 0 Å². The Balaban J connectivity index is 2.63. The number of nitrogens with zero attached hydrogens (tertiary/aromatic N) is 1. The number of hydrogen-bond acceptors (Lipinski definition) is 3. The smallest absolute Gasteiger partial charge is 0.0833 e. The first kappa shape index (κ1) is 13.9. The molecule has 0 aromatic heterocycles. The van der Waals surface area contributed by atoms with E-state index in [1.54, 1.807) is 11.8 Å². The highest BCUT2D eigenvalue weighted by Gasteiger charge is 2.43. The number of nitriles is 1. The molecule has 0 saturated heterocycles. The number of hydrogen-bond donors (Lipinski definition) is 1. The normalized spacial score (nSPS) is 24.7. The summed E-state index contributed by atoms with van der Waals surface area (Å²) >= 11 is 1.73. The monoisotopic (exact) mass is 241 g/mol. The Labute approximate surface area is 103 Å². The van der Waals surface area contributed by atoms with Gasteiger partial charge < -0.3 is 5.11 Å². The number of thioether (sulfide) groups is 1. The Morgan fingerprint density at radius 2 is 1.88 bits per heavy atom.